The predicted molar refractivity (Wildman–Crippen MR) is 252 cm³/mol. The summed E-state index contributed by atoms with van der Waals surface area (Å²) in [5, 5.41) is 0. The van der Waals surface area contributed by atoms with Gasteiger partial charge in [0.05, 0.1) is 16.8 Å². The van der Waals surface area contributed by atoms with E-state index < -0.39 is 5.41 Å². The molecule has 286 valence electrons. The van der Waals surface area contributed by atoms with Crippen molar-refractivity contribution < 1.29 is 0 Å². The van der Waals surface area contributed by atoms with Crippen molar-refractivity contribution >= 4 is 0 Å². The number of hydrogen-bond acceptors (Lipinski definition) is 2. The zero-order valence-electron chi connectivity index (χ0n) is 33.5. The van der Waals surface area contributed by atoms with Crippen LogP contribution in [-0.2, 0) is 5.41 Å². The lowest BCUT2D eigenvalue weighted by molar-refractivity contribution is 0.768. The fourth-order valence-corrected chi connectivity index (χ4v) is 9.24. The summed E-state index contributed by atoms with van der Waals surface area (Å²) in [5.41, 5.74) is 19.3. The van der Waals surface area contributed by atoms with E-state index in [2.05, 4.69) is 218 Å². The Bertz CT molecular complexity index is 3080. The Balaban J connectivity index is 0.909. The maximum Gasteiger partial charge on any atom is 0.160 e. The third-order valence-electron chi connectivity index (χ3n) is 12.2. The quantitative estimate of drug-likeness (QED) is 0.154. The topological polar surface area (TPSA) is 25.8 Å². The highest BCUT2D eigenvalue weighted by Crippen LogP contribution is 2.56. The molecule has 0 bridgehead atoms. The summed E-state index contributed by atoms with van der Waals surface area (Å²) in [6, 6.07) is 87.1. The summed E-state index contributed by atoms with van der Waals surface area (Å²) in [5.74, 6) is 0.709. The molecular formula is C59H40N2. The van der Waals surface area contributed by atoms with Crippen LogP contribution in [0.15, 0.2) is 243 Å². The Morgan fingerprint density at radius 1 is 0.246 bits per heavy atom. The molecule has 0 unspecified atom stereocenters. The van der Waals surface area contributed by atoms with Crippen molar-refractivity contribution in [2.75, 3.05) is 0 Å². The van der Waals surface area contributed by atoms with E-state index in [-0.39, 0.29) is 0 Å². The van der Waals surface area contributed by atoms with Crippen molar-refractivity contribution in [2.24, 2.45) is 0 Å². The second kappa shape index (κ2) is 15.3. The summed E-state index contributed by atoms with van der Waals surface area (Å²) in [6.45, 7) is 0. The van der Waals surface area contributed by atoms with Gasteiger partial charge in [0.1, 0.15) is 0 Å². The fraction of sp³-hybridized carbons (Fsp3) is 0.0169. The highest BCUT2D eigenvalue weighted by Gasteiger charge is 2.45. The monoisotopic (exact) mass is 776 g/mol. The molecule has 0 atom stereocenters. The van der Waals surface area contributed by atoms with Gasteiger partial charge in [0.2, 0.25) is 0 Å². The van der Waals surface area contributed by atoms with Crippen molar-refractivity contribution in [1.29, 1.82) is 0 Å². The summed E-state index contributed by atoms with van der Waals surface area (Å²) in [6.07, 6.45) is 0. The Kier molecular flexibility index (Phi) is 9.09. The predicted octanol–water partition coefficient (Wildman–Crippen LogP) is 14.8. The Morgan fingerprint density at radius 3 is 1.11 bits per heavy atom. The lowest BCUT2D eigenvalue weighted by atomic mass is 9.67. The van der Waals surface area contributed by atoms with Gasteiger partial charge in [0.15, 0.2) is 5.82 Å². The molecule has 10 aromatic rings. The number of nitrogens with zero attached hydrogens (tertiary/aromatic N) is 2. The first-order valence-corrected chi connectivity index (χ1v) is 20.9. The maximum atomic E-state index is 5.08. The van der Waals surface area contributed by atoms with Gasteiger partial charge in [-0.1, -0.05) is 231 Å². The molecular weight excluding hydrogens is 737 g/mol. The number of aromatic nitrogens is 2. The molecule has 1 aromatic heterocycles. The van der Waals surface area contributed by atoms with E-state index in [9.17, 15) is 0 Å². The van der Waals surface area contributed by atoms with Crippen molar-refractivity contribution in [3.05, 3.63) is 265 Å². The van der Waals surface area contributed by atoms with Crippen molar-refractivity contribution in [3.8, 4) is 78.4 Å². The first kappa shape index (κ1) is 36.2. The van der Waals surface area contributed by atoms with Crippen LogP contribution in [-0.4, -0.2) is 9.97 Å². The molecule has 0 fully saturated rings. The first-order chi connectivity index (χ1) is 30.2. The maximum absolute atomic E-state index is 5.08. The molecule has 0 radical (unpaired) electrons. The van der Waals surface area contributed by atoms with Crippen LogP contribution >= 0.6 is 0 Å². The van der Waals surface area contributed by atoms with Crippen LogP contribution in [0, 0.1) is 0 Å². The summed E-state index contributed by atoms with van der Waals surface area (Å²) >= 11 is 0. The Labute approximate surface area is 357 Å². The lowest BCUT2D eigenvalue weighted by Crippen LogP contribution is -2.28. The van der Waals surface area contributed by atoms with E-state index in [0.29, 0.717) is 5.82 Å². The van der Waals surface area contributed by atoms with Crippen LogP contribution in [0.1, 0.15) is 22.3 Å². The number of fused-ring (bicyclic) bond motifs is 3. The second-order valence-corrected chi connectivity index (χ2v) is 15.7. The molecule has 0 N–H and O–H groups in total. The van der Waals surface area contributed by atoms with Gasteiger partial charge in [-0.2, -0.15) is 0 Å². The molecule has 1 aliphatic carbocycles. The van der Waals surface area contributed by atoms with Gasteiger partial charge < -0.3 is 0 Å². The molecule has 2 nitrogen and oxygen atoms in total. The molecule has 0 saturated carbocycles. The number of hydrogen-bond donors (Lipinski definition) is 0. The average molecular weight is 777 g/mol. The molecule has 1 aliphatic rings. The summed E-state index contributed by atoms with van der Waals surface area (Å²) in [7, 11) is 0. The fourth-order valence-electron chi connectivity index (χ4n) is 9.24. The molecule has 2 heteroatoms. The van der Waals surface area contributed by atoms with E-state index in [4.69, 9.17) is 9.97 Å². The molecule has 0 spiro atoms. The molecule has 61 heavy (non-hydrogen) atoms. The minimum absolute atomic E-state index is 0.395. The van der Waals surface area contributed by atoms with E-state index >= 15 is 0 Å². The van der Waals surface area contributed by atoms with Gasteiger partial charge in [0.25, 0.3) is 0 Å². The average Bonchev–Trinajstić information content (AvgIpc) is 3.65. The lowest BCUT2D eigenvalue weighted by Gasteiger charge is -2.33. The smallest absolute Gasteiger partial charge is 0.160 e. The van der Waals surface area contributed by atoms with Gasteiger partial charge in [-0.15, -0.1) is 0 Å². The van der Waals surface area contributed by atoms with Crippen LogP contribution < -0.4 is 0 Å². The third-order valence-corrected chi connectivity index (χ3v) is 12.2. The molecule has 0 amide bonds. The van der Waals surface area contributed by atoms with Crippen LogP contribution in [0.5, 0.6) is 0 Å². The standard InChI is InChI=1S/C59H40N2/c1-5-15-41(16-6-1)42-29-33-46(34-30-42)56-40-57(61-58(60-56)48-17-7-2-8-18-48)47-35-31-44(32-36-47)43-25-27-45(28-26-43)49-37-38-55-53(39-49)52-23-13-14-24-54(52)59(55,50-19-9-3-10-20-50)51-21-11-4-12-22-51/h1-40H. The highest BCUT2D eigenvalue weighted by molar-refractivity contribution is 5.89. The zero-order valence-corrected chi connectivity index (χ0v) is 33.5. The largest absolute Gasteiger partial charge is 0.228 e. The van der Waals surface area contributed by atoms with Gasteiger partial charge in [-0.3, -0.25) is 0 Å². The van der Waals surface area contributed by atoms with E-state index in [1.54, 1.807) is 0 Å². The van der Waals surface area contributed by atoms with Crippen LogP contribution in [0.2, 0.25) is 0 Å². The third kappa shape index (κ3) is 6.46. The van der Waals surface area contributed by atoms with Gasteiger partial charge in [-0.25, -0.2) is 9.97 Å². The van der Waals surface area contributed by atoms with E-state index in [0.717, 1.165) is 33.6 Å². The van der Waals surface area contributed by atoms with Crippen LogP contribution in [0.3, 0.4) is 0 Å². The van der Waals surface area contributed by atoms with E-state index in [1.165, 1.54) is 61.2 Å². The van der Waals surface area contributed by atoms with E-state index in [1.807, 2.05) is 24.3 Å². The highest BCUT2D eigenvalue weighted by atomic mass is 14.9. The van der Waals surface area contributed by atoms with Gasteiger partial charge >= 0.3 is 0 Å². The van der Waals surface area contributed by atoms with Crippen molar-refractivity contribution in [3.63, 3.8) is 0 Å². The second-order valence-electron chi connectivity index (χ2n) is 15.7. The Morgan fingerprint density at radius 2 is 0.607 bits per heavy atom. The molecule has 11 rings (SSSR count). The molecule has 0 aliphatic heterocycles. The molecule has 9 aromatic carbocycles. The van der Waals surface area contributed by atoms with Gasteiger partial charge in [0, 0.05) is 16.7 Å². The van der Waals surface area contributed by atoms with Gasteiger partial charge in [-0.05, 0) is 78.9 Å². The normalized spacial score (nSPS) is 12.4. The molecule has 1 heterocycles. The van der Waals surface area contributed by atoms with Crippen LogP contribution in [0.25, 0.3) is 78.4 Å². The minimum Gasteiger partial charge on any atom is -0.228 e. The summed E-state index contributed by atoms with van der Waals surface area (Å²) < 4.78 is 0. The minimum atomic E-state index is -0.395. The van der Waals surface area contributed by atoms with Crippen LogP contribution in [0.4, 0.5) is 0 Å². The number of benzene rings is 9. The zero-order chi connectivity index (χ0) is 40.6. The SMILES string of the molecule is c1ccc(-c2ccc(-c3cc(-c4ccc(-c5ccc(-c6ccc7c(c6)-c6ccccc6C7(c6ccccc6)c6ccccc6)cc5)cc4)nc(-c4ccccc4)n3)cc2)cc1. The summed E-state index contributed by atoms with van der Waals surface area (Å²) in [4.78, 5) is 10.1. The van der Waals surface area contributed by atoms with Crippen molar-refractivity contribution in [2.45, 2.75) is 5.41 Å². The molecule has 0 saturated heterocycles. The Hall–Kier alpha value is -7.94. The first-order valence-electron chi connectivity index (χ1n) is 20.9. The van der Waals surface area contributed by atoms with Crippen molar-refractivity contribution in [1.82, 2.24) is 9.97 Å². The number of rotatable bonds is 8.